The van der Waals surface area contributed by atoms with Gasteiger partial charge in [0.1, 0.15) is 5.04 Å². The minimum absolute atomic E-state index is 0.241. The largest absolute Gasteiger partial charge is 0.466 e. The minimum Gasteiger partial charge on any atom is -0.466 e. The first-order chi connectivity index (χ1) is 9.22. The second-order valence-electron chi connectivity index (χ2n) is 4.05. The molecule has 19 heavy (non-hydrogen) atoms. The zero-order valence-electron chi connectivity index (χ0n) is 11.0. The maximum absolute atomic E-state index is 10.6. The second-order valence-corrected chi connectivity index (χ2v) is 5.22. The number of carbonyl (C=O) groups is 1. The van der Waals surface area contributed by atoms with Crippen LogP contribution >= 0.6 is 11.8 Å². The number of ether oxygens (including phenoxy) is 1. The van der Waals surface area contributed by atoms with Crippen molar-refractivity contribution in [3.8, 4) is 0 Å². The van der Waals surface area contributed by atoms with Crippen molar-refractivity contribution in [2.45, 2.75) is 26.2 Å². The summed E-state index contributed by atoms with van der Waals surface area (Å²) < 4.78 is 4.84. The summed E-state index contributed by atoms with van der Waals surface area (Å²) in [4.78, 5) is 10.6. The van der Waals surface area contributed by atoms with Gasteiger partial charge in [-0.15, -0.1) is 11.8 Å². The monoisotopic (exact) mass is 281 g/mol. The molecule has 5 heteroatoms. The van der Waals surface area contributed by atoms with Gasteiger partial charge in [0, 0.05) is 13.3 Å². The predicted molar refractivity (Wildman–Crippen MR) is 77.7 cm³/mol. The maximum atomic E-state index is 10.6. The third kappa shape index (κ3) is 7.51. The number of nitrogens with zero attached hydrogens (tertiary/aromatic N) is 1. The lowest BCUT2D eigenvalue weighted by Gasteiger charge is -2.05. The van der Waals surface area contributed by atoms with E-state index in [0.717, 1.165) is 24.2 Å². The highest BCUT2D eigenvalue weighted by Gasteiger charge is 2.03. The number of carbonyl (C=O) groups excluding carboxylic acids is 1. The Balaban J connectivity index is 2.18. The Morgan fingerprint density at radius 2 is 2.05 bits per heavy atom. The van der Waals surface area contributed by atoms with Gasteiger partial charge in [-0.25, -0.2) is 0 Å². The molecule has 0 aromatic heterocycles. The van der Waals surface area contributed by atoms with E-state index in [2.05, 4.69) is 5.16 Å². The van der Waals surface area contributed by atoms with E-state index >= 15 is 0 Å². The molecular formula is C14H19NO3S. The summed E-state index contributed by atoms with van der Waals surface area (Å²) in [6, 6.07) is 9.91. The highest BCUT2D eigenvalue weighted by molar-refractivity contribution is 8.13. The van der Waals surface area contributed by atoms with E-state index in [1.807, 2.05) is 30.3 Å². The van der Waals surface area contributed by atoms with Crippen molar-refractivity contribution in [3.63, 3.8) is 0 Å². The first-order valence-electron chi connectivity index (χ1n) is 6.23. The second kappa shape index (κ2) is 9.44. The first-order valence-corrected chi connectivity index (χ1v) is 7.22. The Hall–Kier alpha value is -1.49. The van der Waals surface area contributed by atoms with Gasteiger partial charge in [0.15, 0.2) is 0 Å². The molecule has 0 bridgehead atoms. The third-order valence-corrected chi connectivity index (χ3v) is 3.47. The van der Waals surface area contributed by atoms with E-state index in [1.54, 1.807) is 0 Å². The van der Waals surface area contributed by atoms with Crippen LogP contribution in [0.15, 0.2) is 35.5 Å². The molecule has 0 unspecified atom stereocenters. The molecule has 0 saturated heterocycles. The highest BCUT2D eigenvalue weighted by atomic mass is 32.2. The van der Waals surface area contributed by atoms with Crippen molar-refractivity contribution in [2.75, 3.05) is 12.4 Å². The van der Waals surface area contributed by atoms with Gasteiger partial charge < -0.3 is 9.94 Å². The van der Waals surface area contributed by atoms with E-state index in [1.165, 1.54) is 18.7 Å². The number of esters is 1. The summed E-state index contributed by atoms with van der Waals surface area (Å²) in [6.07, 6.45) is 2.40. The van der Waals surface area contributed by atoms with Gasteiger partial charge in [-0.05, 0) is 24.2 Å². The van der Waals surface area contributed by atoms with Crippen LogP contribution in [-0.2, 0) is 16.0 Å². The molecule has 1 N–H and O–H groups in total. The Morgan fingerprint density at radius 3 is 2.68 bits per heavy atom. The Morgan fingerprint density at radius 1 is 1.32 bits per heavy atom. The molecule has 0 aliphatic rings. The molecule has 0 aliphatic heterocycles. The van der Waals surface area contributed by atoms with Crippen LogP contribution in [0.4, 0.5) is 0 Å². The fourth-order valence-corrected chi connectivity index (χ4v) is 2.41. The topological polar surface area (TPSA) is 58.9 Å². The normalized spacial score (nSPS) is 11.3. The number of hydrogen-bond acceptors (Lipinski definition) is 5. The summed E-state index contributed by atoms with van der Waals surface area (Å²) in [7, 11) is 0. The van der Waals surface area contributed by atoms with Gasteiger partial charge in [-0.1, -0.05) is 35.5 Å². The predicted octanol–water partition coefficient (Wildman–Crippen LogP) is 3.09. The lowest BCUT2D eigenvalue weighted by Crippen LogP contribution is -2.02. The maximum Gasteiger partial charge on any atom is 0.302 e. The van der Waals surface area contributed by atoms with E-state index in [-0.39, 0.29) is 5.97 Å². The molecule has 0 amide bonds. The fourth-order valence-electron chi connectivity index (χ4n) is 1.50. The van der Waals surface area contributed by atoms with Crippen LogP contribution in [0, 0.1) is 0 Å². The molecule has 0 aliphatic carbocycles. The van der Waals surface area contributed by atoms with Crippen LogP contribution in [0.25, 0.3) is 0 Å². The summed E-state index contributed by atoms with van der Waals surface area (Å²) in [5.41, 5.74) is 1.13. The molecule has 4 nitrogen and oxygen atoms in total. The summed E-state index contributed by atoms with van der Waals surface area (Å²) in [5, 5.41) is 13.0. The summed E-state index contributed by atoms with van der Waals surface area (Å²) in [5.74, 6) is 0.613. The van der Waals surface area contributed by atoms with Crippen LogP contribution in [-0.4, -0.2) is 28.6 Å². The number of unbranched alkanes of at least 4 members (excludes halogenated alkanes) is 1. The average Bonchev–Trinajstić information content (AvgIpc) is 2.42. The average molecular weight is 281 g/mol. The molecule has 0 atom stereocenters. The SMILES string of the molecule is CC(=O)OCCCCS/C(Cc1ccccc1)=N\O. The van der Waals surface area contributed by atoms with Crippen molar-refractivity contribution in [3.05, 3.63) is 35.9 Å². The molecule has 1 aromatic rings. The van der Waals surface area contributed by atoms with E-state index in [9.17, 15) is 4.79 Å². The smallest absolute Gasteiger partial charge is 0.302 e. The quantitative estimate of drug-likeness (QED) is 0.208. The molecule has 1 aromatic carbocycles. The van der Waals surface area contributed by atoms with Crippen LogP contribution in [0.2, 0.25) is 0 Å². The van der Waals surface area contributed by atoms with Crippen molar-refractivity contribution in [1.29, 1.82) is 0 Å². The standard InChI is InChI=1S/C14H19NO3S/c1-12(16)18-9-5-6-10-19-14(15-17)11-13-7-3-2-4-8-13/h2-4,7-8,17H,5-6,9-11H2,1H3/b15-14-. The molecule has 104 valence electrons. The van der Waals surface area contributed by atoms with Crippen molar-refractivity contribution in [2.24, 2.45) is 5.16 Å². The van der Waals surface area contributed by atoms with E-state index < -0.39 is 0 Å². The van der Waals surface area contributed by atoms with Gasteiger partial charge in [0.2, 0.25) is 0 Å². The highest BCUT2D eigenvalue weighted by Crippen LogP contribution is 2.12. The number of hydrogen-bond donors (Lipinski definition) is 1. The Kier molecular flexibility index (Phi) is 7.74. The lowest BCUT2D eigenvalue weighted by molar-refractivity contribution is -0.141. The molecule has 0 fully saturated rings. The molecular weight excluding hydrogens is 262 g/mol. The van der Waals surface area contributed by atoms with Crippen LogP contribution in [0.1, 0.15) is 25.3 Å². The molecule has 0 saturated carbocycles. The van der Waals surface area contributed by atoms with Crippen molar-refractivity contribution < 1.29 is 14.7 Å². The van der Waals surface area contributed by atoms with Gasteiger partial charge in [-0.3, -0.25) is 4.79 Å². The van der Waals surface area contributed by atoms with Gasteiger partial charge in [0.25, 0.3) is 0 Å². The first kappa shape index (κ1) is 15.6. The van der Waals surface area contributed by atoms with E-state index in [0.29, 0.717) is 18.1 Å². The molecule has 0 radical (unpaired) electrons. The minimum atomic E-state index is -0.241. The van der Waals surface area contributed by atoms with E-state index in [4.69, 9.17) is 9.94 Å². The van der Waals surface area contributed by atoms with Gasteiger partial charge in [-0.2, -0.15) is 0 Å². The Bertz CT molecular complexity index is 406. The lowest BCUT2D eigenvalue weighted by atomic mass is 10.2. The van der Waals surface area contributed by atoms with Gasteiger partial charge >= 0.3 is 5.97 Å². The van der Waals surface area contributed by atoms with Crippen LogP contribution in [0.5, 0.6) is 0 Å². The molecule has 0 spiro atoms. The Labute approximate surface area is 117 Å². The van der Waals surface area contributed by atoms with Crippen LogP contribution in [0.3, 0.4) is 0 Å². The number of rotatable bonds is 7. The summed E-state index contributed by atoms with van der Waals surface area (Å²) >= 11 is 1.53. The zero-order chi connectivity index (χ0) is 13.9. The number of oxime groups is 1. The zero-order valence-corrected chi connectivity index (χ0v) is 11.9. The third-order valence-electron chi connectivity index (χ3n) is 2.42. The summed E-state index contributed by atoms with van der Waals surface area (Å²) in [6.45, 7) is 1.87. The van der Waals surface area contributed by atoms with Crippen LogP contribution < -0.4 is 0 Å². The van der Waals surface area contributed by atoms with Crippen molar-refractivity contribution >= 4 is 22.8 Å². The fraction of sp³-hybridized carbons (Fsp3) is 0.429. The van der Waals surface area contributed by atoms with Crippen molar-refractivity contribution in [1.82, 2.24) is 0 Å². The van der Waals surface area contributed by atoms with Gasteiger partial charge in [0.05, 0.1) is 6.61 Å². The molecule has 0 heterocycles. The number of benzene rings is 1. The number of thioether (sulfide) groups is 1. The molecule has 1 rings (SSSR count).